The highest BCUT2D eigenvalue weighted by molar-refractivity contribution is 6.20. The van der Waals surface area contributed by atoms with Crippen molar-refractivity contribution >= 4 is 32.3 Å². The molecule has 0 bridgehead atoms. The third kappa shape index (κ3) is 4.99. The van der Waals surface area contributed by atoms with Crippen LogP contribution < -0.4 is 0 Å². The van der Waals surface area contributed by atoms with Gasteiger partial charge in [0, 0.05) is 29.1 Å². The van der Waals surface area contributed by atoms with Gasteiger partial charge in [-0.2, -0.15) is 0 Å². The van der Waals surface area contributed by atoms with Gasteiger partial charge in [-0.1, -0.05) is 146 Å². The van der Waals surface area contributed by atoms with Gasteiger partial charge in [0.15, 0.2) is 5.82 Å². The minimum atomic E-state index is 0.697. The molecule has 0 amide bonds. The highest BCUT2D eigenvalue weighted by Crippen LogP contribution is 2.40. The molecule has 0 unspecified atom stereocenters. The largest absolute Gasteiger partial charge is 0.264 e. The van der Waals surface area contributed by atoms with Crippen LogP contribution in [0.5, 0.6) is 0 Å². The Morgan fingerprint density at radius 2 is 0.938 bits per heavy atom. The van der Waals surface area contributed by atoms with Crippen molar-refractivity contribution in [3.8, 4) is 56.2 Å². The van der Waals surface area contributed by atoms with Crippen LogP contribution in [0.15, 0.2) is 176 Å². The summed E-state index contributed by atoms with van der Waals surface area (Å²) in [6, 6.07) is 57.8. The topological polar surface area (TPSA) is 38.7 Å². The molecule has 48 heavy (non-hydrogen) atoms. The highest BCUT2D eigenvalue weighted by atomic mass is 14.9. The summed E-state index contributed by atoms with van der Waals surface area (Å²) in [6.07, 6.45) is 3.68. The van der Waals surface area contributed by atoms with Gasteiger partial charge in [-0.15, -0.1) is 0 Å². The smallest absolute Gasteiger partial charge is 0.160 e. The molecule has 0 aliphatic rings. The van der Waals surface area contributed by atoms with Crippen molar-refractivity contribution in [3.63, 3.8) is 0 Å². The van der Waals surface area contributed by atoms with E-state index in [4.69, 9.17) is 9.97 Å². The predicted molar refractivity (Wildman–Crippen MR) is 200 cm³/mol. The van der Waals surface area contributed by atoms with Crippen LogP contribution in [-0.2, 0) is 0 Å². The van der Waals surface area contributed by atoms with Crippen molar-refractivity contribution < 1.29 is 0 Å². The Bertz CT molecular complexity index is 2580. The fraction of sp³-hybridized carbons (Fsp3) is 0. The first-order valence-electron chi connectivity index (χ1n) is 16.2. The lowest BCUT2D eigenvalue weighted by Gasteiger charge is -2.15. The Balaban J connectivity index is 1.17. The van der Waals surface area contributed by atoms with Crippen molar-refractivity contribution in [1.82, 2.24) is 15.0 Å². The zero-order valence-corrected chi connectivity index (χ0v) is 26.1. The van der Waals surface area contributed by atoms with Gasteiger partial charge in [0.25, 0.3) is 0 Å². The molecule has 0 aliphatic carbocycles. The number of pyridine rings is 1. The maximum absolute atomic E-state index is 5.11. The minimum absolute atomic E-state index is 0.697. The Morgan fingerprint density at radius 1 is 0.333 bits per heavy atom. The molecule has 0 radical (unpaired) electrons. The molecule has 0 saturated heterocycles. The van der Waals surface area contributed by atoms with Crippen molar-refractivity contribution in [2.24, 2.45) is 0 Å². The second-order valence-corrected chi connectivity index (χ2v) is 12.1. The Kier molecular flexibility index (Phi) is 6.80. The number of hydrogen-bond acceptors (Lipinski definition) is 3. The van der Waals surface area contributed by atoms with Gasteiger partial charge in [0.1, 0.15) is 0 Å². The molecule has 9 rings (SSSR count). The quantitative estimate of drug-likeness (QED) is 0.144. The number of nitrogens with zero attached hydrogens (tertiary/aromatic N) is 3. The monoisotopic (exact) mass is 611 g/mol. The zero-order chi connectivity index (χ0) is 31.9. The van der Waals surface area contributed by atoms with E-state index in [0.29, 0.717) is 5.82 Å². The van der Waals surface area contributed by atoms with E-state index in [-0.39, 0.29) is 0 Å². The predicted octanol–water partition coefficient (Wildman–Crippen LogP) is 11.7. The van der Waals surface area contributed by atoms with E-state index in [1.807, 2.05) is 30.5 Å². The number of aromatic nitrogens is 3. The lowest BCUT2D eigenvalue weighted by molar-refractivity contribution is 1.18. The summed E-state index contributed by atoms with van der Waals surface area (Å²) in [5.74, 6) is 0.697. The molecule has 0 spiro atoms. The normalized spacial score (nSPS) is 11.3. The molecule has 0 aliphatic heterocycles. The summed E-state index contributed by atoms with van der Waals surface area (Å²) in [4.78, 5) is 14.5. The van der Waals surface area contributed by atoms with Gasteiger partial charge in [0.05, 0.1) is 11.4 Å². The van der Waals surface area contributed by atoms with Gasteiger partial charge < -0.3 is 0 Å². The van der Waals surface area contributed by atoms with Crippen LogP contribution in [0.2, 0.25) is 0 Å². The van der Waals surface area contributed by atoms with E-state index in [2.05, 4.69) is 145 Å². The molecule has 0 saturated carbocycles. The number of fused-ring (bicyclic) bond motifs is 4. The second-order valence-electron chi connectivity index (χ2n) is 12.1. The maximum atomic E-state index is 5.11. The van der Waals surface area contributed by atoms with E-state index >= 15 is 0 Å². The highest BCUT2D eigenvalue weighted by Gasteiger charge is 2.15. The molecule has 9 aromatic rings. The Labute approximate surface area is 278 Å². The van der Waals surface area contributed by atoms with Crippen molar-refractivity contribution in [2.75, 3.05) is 0 Å². The molecule has 7 aromatic carbocycles. The van der Waals surface area contributed by atoms with Gasteiger partial charge in [-0.25, -0.2) is 9.97 Å². The van der Waals surface area contributed by atoms with E-state index in [9.17, 15) is 0 Å². The third-order valence-electron chi connectivity index (χ3n) is 9.17. The van der Waals surface area contributed by atoms with Crippen molar-refractivity contribution in [1.29, 1.82) is 0 Å². The van der Waals surface area contributed by atoms with Crippen LogP contribution in [-0.4, -0.2) is 15.0 Å². The SMILES string of the molecule is c1ccc(-c2cc(-c3ccc(-c4cccnc4)cc3)nc(-c3ccc(-c4c5ccccc5cc5c4ccc4ccccc45)cc3)n2)cc1. The van der Waals surface area contributed by atoms with Gasteiger partial charge in [-0.05, 0) is 72.8 Å². The fourth-order valence-corrected chi connectivity index (χ4v) is 6.77. The Morgan fingerprint density at radius 3 is 1.69 bits per heavy atom. The first-order valence-corrected chi connectivity index (χ1v) is 16.2. The van der Waals surface area contributed by atoms with Crippen LogP contribution in [0, 0.1) is 0 Å². The minimum Gasteiger partial charge on any atom is -0.264 e. The zero-order valence-electron chi connectivity index (χ0n) is 26.1. The first kappa shape index (κ1) is 27.8. The van der Waals surface area contributed by atoms with E-state index in [0.717, 1.165) is 39.2 Å². The van der Waals surface area contributed by atoms with Gasteiger partial charge >= 0.3 is 0 Å². The number of hydrogen-bond donors (Lipinski definition) is 0. The van der Waals surface area contributed by atoms with Crippen molar-refractivity contribution in [2.45, 2.75) is 0 Å². The molecule has 0 fully saturated rings. The Hall–Kier alpha value is -6.45. The standard InChI is InChI=1S/C45H29N3/c1-2-10-32(11-3-1)42-28-43(33-18-16-30(17-19-33)37-13-8-26-46-29-37)48-45(47-42)35-22-20-34(21-23-35)44-39-15-7-5-12-36(39)27-41-38-14-6-4-9-31(38)24-25-40(41)44/h1-29H. The van der Waals surface area contributed by atoms with Crippen LogP contribution in [0.4, 0.5) is 0 Å². The molecule has 2 aromatic heterocycles. The summed E-state index contributed by atoms with van der Waals surface area (Å²) in [5.41, 5.74) is 9.46. The maximum Gasteiger partial charge on any atom is 0.160 e. The lowest BCUT2D eigenvalue weighted by Crippen LogP contribution is -1.96. The molecule has 2 heterocycles. The summed E-state index contributed by atoms with van der Waals surface area (Å²) < 4.78 is 0. The summed E-state index contributed by atoms with van der Waals surface area (Å²) in [6.45, 7) is 0. The summed E-state index contributed by atoms with van der Waals surface area (Å²) in [5, 5.41) is 7.51. The van der Waals surface area contributed by atoms with Crippen molar-refractivity contribution in [3.05, 3.63) is 176 Å². The first-order chi connectivity index (χ1) is 23.8. The number of benzene rings is 7. The van der Waals surface area contributed by atoms with E-state index in [1.165, 1.54) is 43.4 Å². The second kappa shape index (κ2) is 11.7. The van der Waals surface area contributed by atoms with E-state index in [1.54, 1.807) is 6.20 Å². The molecular formula is C45H29N3. The molecule has 3 heteroatoms. The molecular weight excluding hydrogens is 583 g/mol. The summed E-state index contributed by atoms with van der Waals surface area (Å²) in [7, 11) is 0. The fourth-order valence-electron chi connectivity index (χ4n) is 6.77. The lowest BCUT2D eigenvalue weighted by atomic mass is 9.89. The molecule has 224 valence electrons. The average molecular weight is 612 g/mol. The average Bonchev–Trinajstić information content (AvgIpc) is 3.17. The van der Waals surface area contributed by atoms with Crippen LogP contribution in [0.25, 0.3) is 88.5 Å². The van der Waals surface area contributed by atoms with Crippen LogP contribution in [0.3, 0.4) is 0 Å². The van der Waals surface area contributed by atoms with E-state index < -0.39 is 0 Å². The molecule has 3 nitrogen and oxygen atoms in total. The van der Waals surface area contributed by atoms with Crippen LogP contribution in [0.1, 0.15) is 0 Å². The molecule has 0 N–H and O–H groups in total. The van der Waals surface area contributed by atoms with Gasteiger partial charge in [0.2, 0.25) is 0 Å². The van der Waals surface area contributed by atoms with Gasteiger partial charge in [-0.3, -0.25) is 4.98 Å². The molecule has 0 atom stereocenters. The summed E-state index contributed by atoms with van der Waals surface area (Å²) >= 11 is 0. The third-order valence-corrected chi connectivity index (χ3v) is 9.17. The number of rotatable bonds is 5. The van der Waals surface area contributed by atoms with Crippen LogP contribution >= 0.6 is 0 Å².